The molecular formula is C17H17ClFNS. The monoisotopic (exact) mass is 321 g/mol. The zero-order chi connectivity index (χ0) is 14.7. The molecule has 0 amide bonds. The van der Waals surface area contributed by atoms with E-state index in [1.54, 1.807) is 23.9 Å². The van der Waals surface area contributed by atoms with Crippen LogP contribution in [0.25, 0.3) is 0 Å². The lowest BCUT2D eigenvalue weighted by Crippen LogP contribution is -2.26. The van der Waals surface area contributed by atoms with Gasteiger partial charge in [0.2, 0.25) is 0 Å². The molecule has 1 saturated heterocycles. The van der Waals surface area contributed by atoms with Gasteiger partial charge in [0.1, 0.15) is 5.82 Å². The highest BCUT2D eigenvalue weighted by Gasteiger charge is 2.19. The first-order valence-electron chi connectivity index (χ1n) is 7.16. The van der Waals surface area contributed by atoms with Gasteiger partial charge in [-0.3, -0.25) is 0 Å². The van der Waals surface area contributed by atoms with Gasteiger partial charge in [0.25, 0.3) is 0 Å². The largest absolute Gasteiger partial charge is 0.317 e. The zero-order valence-corrected chi connectivity index (χ0v) is 13.2. The van der Waals surface area contributed by atoms with Crippen LogP contribution < -0.4 is 5.32 Å². The van der Waals surface area contributed by atoms with Gasteiger partial charge in [0.15, 0.2) is 0 Å². The molecule has 1 N–H and O–H groups in total. The maximum absolute atomic E-state index is 13.7. The molecule has 0 aliphatic carbocycles. The summed E-state index contributed by atoms with van der Waals surface area (Å²) in [5.74, 6) is 0.305. The molecule has 0 atom stereocenters. The molecule has 0 saturated carbocycles. The molecule has 21 heavy (non-hydrogen) atoms. The predicted octanol–water partition coefficient (Wildman–Crippen LogP) is 5.10. The van der Waals surface area contributed by atoms with Gasteiger partial charge in [-0.1, -0.05) is 41.6 Å². The summed E-state index contributed by atoms with van der Waals surface area (Å²) >= 11 is 7.78. The van der Waals surface area contributed by atoms with E-state index in [9.17, 15) is 4.39 Å². The SMILES string of the molecule is Fc1ccc(C2CCNCC2)c(Sc2ccccc2Cl)c1. The minimum absolute atomic E-state index is 0.192. The van der Waals surface area contributed by atoms with Crippen LogP contribution in [0.2, 0.25) is 5.02 Å². The van der Waals surface area contributed by atoms with E-state index < -0.39 is 0 Å². The van der Waals surface area contributed by atoms with Gasteiger partial charge < -0.3 is 5.32 Å². The predicted molar refractivity (Wildman–Crippen MR) is 86.8 cm³/mol. The first-order valence-corrected chi connectivity index (χ1v) is 8.36. The molecule has 1 nitrogen and oxygen atoms in total. The highest BCUT2D eigenvalue weighted by molar-refractivity contribution is 7.99. The van der Waals surface area contributed by atoms with E-state index in [4.69, 9.17) is 11.6 Å². The Hall–Kier alpha value is -1.03. The second kappa shape index (κ2) is 6.82. The Labute approximate surface area is 133 Å². The lowest BCUT2D eigenvalue weighted by Gasteiger charge is -2.25. The lowest BCUT2D eigenvalue weighted by atomic mass is 9.90. The van der Waals surface area contributed by atoms with Crippen molar-refractivity contribution >= 4 is 23.4 Å². The number of nitrogens with one attached hydrogen (secondary N) is 1. The van der Waals surface area contributed by atoms with E-state index in [1.807, 2.05) is 30.3 Å². The van der Waals surface area contributed by atoms with Crippen LogP contribution in [0.1, 0.15) is 24.3 Å². The van der Waals surface area contributed by atoms with E-state index in [2.05, 4.69) is 5.32 Å². The molecule has 0 spiro atoms. The number of benzene rings is 2. The van der Waals surface area contributed by atoms with Crippen molar-refractivity contribution in [3.05, 3.63) is 58.9 Å². The average Bonchev–Trinajstić information content (AvgIpc) is 2.51. The third-order valence-electron chi connectivity index (χ3n) is 3.81. The van der Waals surface area contributed by atoms with E-state index in [-0.39, 0.29) is 5.82 Å². The molecule has 1 aliphatic rings. The summed E-state index contributed by atoms with van der Waals surface area (Å²) in [4.78, 5) is 1.95. The molecule has 0 aromatic heterocycles. The summed E-state index contributed by atoms with van der Waals surface area (Å²) < 4.78 is 13.7. The summed E-state index contributed by atoms with van der Waals surface area (Å²) in [6, 6.07) is 12.8. The molecule has 2 aromatic rings. The van der Waals surface area contributed by atoms with Gasteiger partial charge >= 0.3 is 0 Å². The summed E-state index contributed by atoms with van der Waals surface area (Å²) in [6.45, 7) is 2.05. The van der Waals surface area contributed by atoms with E-state index in [1.165, 1.54) is 5.56 Å². The van der Waals surface area contributed by atoms with Gasteiger partial charge in [-0.15, -0.1) is 0 Å². The molecule has 1 aliphatic heterocycles. The Bertz CT molecular complexity index is 626. The smallest absolute Gasteiger partial charge is 0.124 e. The summed E-state index contributed by atoms with van der Waals surface area (Å²) in [5, 5.41) is 4.08. The van der Waals surface area contributed by atoms with E-state index >= 15 is 0 Å². The van der Waals surface area contributed by atoms with Crippen LogP contribution in [-0.4, -0.2) is 13.1 Å². The highest BCUT2D eigenvalue weighted by Crippen LogP contribution is 2.39. The molecule has 1 fully saturated rings. The number of halogens is 2. The van der Waals surface area contributed by atoms with Crippen LogP contribution in [0, 0.1) is 5.82 Å². The standard InChI is InChI=1S/C17H17ClFNS/c18-15-3-1-2-4-16(15)21-17-11-13(19)5-6-14(17)12-7-9-20-10-8-12/h1-6,11-12,20H,7-10H2. The first-order chi connectivity index (χ1) is 10.2. The quantitative estimate of drug-likeness (QED) is 0.844. The molecule has 0 radical (unpaired) electrons. The van der Waals surface area contributed by atoms with Crippen LogP contribution in [-0.2, 0) is 0 Å². The topological polar surface area (TPSA) is 12.0 Å². The fraction of sp³-hybridized carbons (Fsp3) is 0.294. The lowest BCUT2D eigenvalue weighted by molar-refractivity contribution is 0.455. The van der Waals surface area contributed by atoms with Crippen molar-refractivity contribution in [2.45, 2.75) is 28.6 Å². The zero-order valence-electron chi connectivity index (χ0n) is 11.6. The van der Waals surface area contributed by atoms with Crippen molar-refractivity contribution in [2.24, 2.45) is 0 Å². The Balaban J connectivity index is 1.93. The number of rotatable bonds is 3. The molecule has 3 rings (SSSR count). The molecule has 0 unspecified atom stereocenters. The maximum atomic E-state index is 13.7. The van der Waals surface area contributed by atoms with Crippen LogP contribution in [0.15, 0.2) is 52.3 Å². The van der Waals surface area contributed by atoms with Crippen molar-refractivity contribution in [1.82, 2.24) is 5.32 Å². The van der Waals surface area contributed by atoms with Crippen LogP contribution in [0.5, 0.6) is 0 Å². The summed E-state index contributed by atoms with van der Waals surface area (Å²) in [5.41, 5.74) is 1.24. The van der Waals surface area contributed by atoms with Crippen molar-refractivity contribution < 1.29 is 4.39 Å². The van der Waals surface area contributed by atoms with Crippen LogP contribution >= 0.6 is 23.4 Å². The maximum Gasteiger partial charge on any atom is 0.124 e. The van der Waals surface area contributed by atoms with Gasteiger partial charge in [-0.2, -0.15) is 0 Å². The van der Waals surface area contributed by atoms with Crippen molar-refractivity contribution in [2.75, 3.05) is 13.1 Å². The highest BCUT2D eigenvalue weighted by atomic mass is 35.5. The molecule has 2 aromatic carbocycles. The Morgan fingerprint density at radius 2 is 1.81 bits per heavy atom. The summed E-state index contributed by atoms with van der Waals surface area (Å²) in [6.07, 6.45) is 2.20. The number of hydrogen-bond acceptors (Lipinski definition) is 2. The number of piperidine rings is 1. The van der Waals surface area contributed by atoms with Gasteiger partial charge in [0, 0.05) is 9.79 Å². The first kappa shape index (κ1) is 14.9. The molecular weight excluding hydrogens is 305 g/mol. The normalized spacial score (nSPS) is 16.1. The van der Waals surface area contributed by atoms with Crippen LogP contribution in [0.3, 0.4) is 0 Å². The molecule has 110 valence electrons. The van der Waals surface area contributed by atoms with E-state index in [0.717, 1.165) is 35.7 Å². The van der Waals surface area contributed by atoms with Gasteiger partial charge in [0.05, 0.1) is 5.02 Å². The van der Waals surface area contributed by atoms with Crippen molar-refractivity contribution in [3.63, 3.8) is 0 Å². The second-order valence-corrected chi connectivity index (χ2v) is 6.73. The third-order valence-corrected chi connectivity index (χ3v) is 5.40. The van der Waals surface area contributed by atoms with Crippen molar-refractivity contribution in [1.29, 1.82) is 0 Å². The minimum Gasteiger partial charge on any atom is -0.317 e. The Morgan fingerprint density at radius 3 is 2.57 bits per heavy atom. The third kappa shape index (κ3) is 3.60. The Kier molecular flexibility index (Phi) is 4.84. The second-order valence-electron chi connectivity index (χ2n) is 5.24. The average molecular weight is 322 g/mol. The summed E-state index contributed by atoms with van der Waals surface area (Å²) in [7, 11) is 0. The van der Waals surface area contributed by atoms with Gasteiger partial charge in [-0.05, 0) is 61.7 Å². The number of hydrogen-bond donors (Lipinski definition) is 1. The van der Waals surface area contributed by atoms with Gasteiger partial charge in [-0.25, -0.2) is 4.39 Å². The fourth-order valence-corrected chi connectivity index (χ4v) is 4.04. The molecule has 4 heteroatoms. The molecule has 1 heterocycles. The molecule has 0 bridgehead atoms. The van der Waals surface area contributed by atoms with Crippen LogP contribution in [0.4, 0.5) is 4.39 Å². The fourth-order valence-electron chi connectivity index (χ4n) is 2.71. The van der Waals surface area contributed by atoms with E-state index in [0.29, 0.717) is 10.9 Å². The van der Waals surface area contributed by atoms with Crippen molar-refractivity contribution in [3.8, 4) is 0 Å². The minimum atomic E-state index is -0.192. The Morgan fingerprint density at radius 1 is 1.05 bits per heavy atom.